The number of benzene rings is 1. The first-order chi connectivity index (χ1) is 9.52. The minimum absolute atomic E-state index is 0.101. The number of nitrogens with two attached hydrogens (primary N) is 1. The number of hydrogen-bond acceptors (Lipinski definition) is 4. The predicted molar refractivity (Wildman–Crippen MR) is 69.9 cm³/mol. The largest absolute Gasteiger partial charge is 0.379 e. The Balaban J connectivity index is 2.09. The van der Waals surface area contributed by atoms with Crippen molar-refractivity contribution in [1.82, 2.24) is 4.90 Å². The molecule has 6 heteroatoms. The molecule has 1 aliphatic heterocycles. The Morgan fingerprint density at radius 1 is 1.60 bits per heavy atom. The van der Waals surface area contributed by atoms with Crippen LogP contribution in [0.3, 0.4) is 0 Å². The normalized spacial score (nSPS) is 21.5. The van der Waals surface area contributed by atoms with Gasteiger partial charge in [0.15, 0.2) is 0 Å². The van der Waals surface area contributed by atoms with E-state index in [-0.39, 0.29) is 24.4 Å². The second-order valence-corrected chi connectivity index (χ2v) is 4.92. The van der Waals surface area contributed by atoms with Crippen LogP contribution in [0.4, 0.5) is 4.39 Å². The summed E-state index contributed by atoms with van der Waals surface area (Å²) in [6.07, 6.45) is 0. The monoisotopic (exact) mass is 277 g/mol. The molecule has 2 rings (SSSR count). The molecule has 20 heavy (non-hydrogen) atoms. The Kier molecular flexibility index (Phi) is 4.32. The van der Waals surface area contributed by atoms with Gasteiger partial charge in [-0.15, -0.1) is 0 Å². The molecule has 1 aliphatic rings. The van der Waals surface area contributed by atoms with Gasteiger partial charge in [-0.25, -0.2) is 4.39 Å². The summed E-state index contributed by atoms with van der Waals surface area (Å²) in [5.41, 5.74) is 6.47. The maximum absolute atomic E-state index is 13.7. The summed E-state index contributed by atoms with van der Waals surface area (Å²) in [6, 6.07) is 5.72. The summed E-state index contributed by atoms with van der Waals surface area (Å²) in [5, 5.41) is 8.82. The Morgan fingerprint density at radius 3 is 2.95 bits per heavy atom. The van der Waals surface area contributed by atoms with Gasteiger partial charge in [0.05, 0.1) is 30.8 Å². The van der Waals surface area contributed by atoms with Crippen molar-refractivity contribution in [3.05, 3.63) is 35.1 Å². The van der Waals surface area contributed by atoms with Crippen molar-refractivity contribution in [3.8, 4) is 6.07 Å². The molecule has 0 aliphatic carbocycles. The molecule has 106 valence electrons. The molecule has 0 saturated carbocycles. The molecule has 2 N–H and O–H groups in total. The van der Waals surface area contributed by atoms with E-state index in [1.165, 1.54) is 23.1 Å². The first-order valence-electron chi connectivity index (χ1n) is 6.29. The molecule has 2 unspecified atom stereocenters. The third-order valence-electron chi connectivity index (χ3n) is 3.40. The topological polar surface area (TPSA) is 79.3 Å². The molecule has 0 spiro atoms. The molecule has 1 fully saturated rings. The van der Waals surface area contributed by atoms with Crippen LogP contribution in [0.15, 0.2) is 18.2 Å². The van der Waals surface area contributed by atoms with E-state index in [9.17, 15) is 9.18 Å². The van der Waals surface area contributed by atoms with E-state index in [2.05, 4.69) is 0 Å². The molecule has 0 bridgehead atoms. The van der Waals surface area contributed by atoms with E-state index < -0.39 is 5.82 Å². The van der Waals surface area contributed by atoms with Crippen molar-refractivity contribution in [3.63, 3.8) is 0 Å². The zero-order chi connectivity index (χ0) is 14.7. The van der Waals surface area contributed by atoms with Gasteiger partial charge < -0.3 is 15.4 Å². The van der Waals surface area contributed by atoms with Crippen LogP contribution in [0.25, 0.3) is 0 Å². The van der Waals surface area contributed by atoms with Crippen LogP contribution in [-0.2, 0) is 16.1 Å². The van der Waals surface area contributed by atoms with E-state index >= 15 is 0 Å². The third-order valence-corrected chi connectivity index (χ3v) is 3.40. The van der Waals surface area contributed by atoms with Gasteiger partial charge in [0, 0.05) is 25.2 Å². The van der Waals surface area contributed by atoms with Crippen molar-refractivity contribution in [2.75, 3.05) is 20.3 Å². The number of nitriles is 1. The third kappa shape index (κ3) is 2.95. The molecule has 0 aromatic heterocycles. The summed E-state index contributed by atoms with van der Waals surface area (Å²) in [4.78, 5) is 13.6. The van der Waals surface area contributed by atoms with Gasteiger partial charge >= 0.3 is 0 Å². The molecule has 1 amide bonds. The van der Waals surface area contributed by atoms with Crippen LogP contribution in [0.2, 0.25) is 0 Å². The maximum Gasteiger partial charge on any atom is 0.229 e. The van der Waals surface area contributed by atoms with E-state index in [4.69, 9.17) is 15.7 Å². The fraction of sp³-hybridized carbons (Fsp3) is 0.429. The summed E-state index contributed by atoms with van der Waals surface area (Å²) >= 11 is 0. The molecule has 2 atom stereocenters. The Morgan fingerprint density at radius 2 is 2.35 bits per heavy atom. The quantitative estimate of drug-likeness (QED) is 0.878. The average Bonchev–Trinajstić information content (AvgIpc) is 2.86. The molecular formula is C14H16FN3O2. The average molecular weight is 277 g/mol. The van der Waals surface area contributed by atoms with E-state index in [0.717, 1.165) is 0 Å². The fourth-order valence-corrected chi connectivity index (χ4v) is 2.21. The smallest absolute Gasteiger partial charge is 0.229 e. The highest BCUT2D eigenvalue weighted by Gasteiger charge is 2.33. The van der Waals surface area contributed by atoms with Crippen LogP contribution in [0.1, 0.15) is 11.1 Å². The van der Waals surface area contributed by atoms with Gasteiger partial charge in [-0.3, -0.25) is 4.79 Å². The van der Waals surface area contributed by atoms with Crippen molar-refractivity contribution >= 4 is 5.91 Å². The SMILES string of the molecule is CN(Cc1cc(C#N)ccc1F)C(=O)C1COCC1N. The van der Waals surface area contributed by atoms with Gasteiger partial charge in [-0.05, 0) is 18.2 Å². The minimum Gasteiger partial charge on any atom is -0.379 e. The predicted octanol–water partition coefficient (Wildman–Crippen LogP) is 0.629. The van der Waals surface area contributed by atoms with E-state index in [1.807, 2.05) is 6.07 Å². The van der Waals surface area contributed by atoms with Crippen LogP contribution >= 0.6 is 0 Å². The molecule has 1 aromatic rings. The standard InChI is InChI=1S/C14H16FN3O2/c1-18(14(19)11-7-20-8-13(11)17)6-10-4-9(5-16)2-3-12(10)15/h2-4,11,13H,6-8,17H2,1H3. The van der Waals surface area contributed by atoms with Crippen molar-refractivity contribution in [2.45, 2.75) is 12.6 Å². The van der Waals surface area contributed by atoms with Crippen molar-refractivity contribution in [2.24, 2.45) is 11.7 Å². The summed E-state index contributed by atoms with van der Waals surface area (Å²) in [5.74, 6) is -0.991. The van der Waals surface area contributed by atoms with E-state index in [1.54, 1.807) is 7.05 Å². The summed E-state index contributed by atoms with van der Waals surface area (Å²) in [7, 11) is 1.59. The molecule has 1 aromatic carbocycles. The number of amides is 1. The van der Waals surface area contributed by atoms with Crippen LogP contribution in [0, 0.1) is 23.1 Å². The lowest BCUT2D eigenvalue weighted by atomic mass is 10.0. The van der Waals surface area contributed by atoms with Gasteiger partial charge in [0.1, 0.15) is 5.82 Å². The number of nitrogens with zero attached hydrogens (tertiary/aromatic N) is 2. The second-order valence-electron chi connectivity index (χ2n) is 4.92. The van der Waals surface area contributed by atoms with Gasteiger partial charge in [-0.1, -0.05) is 0 Å². The Hall–Kier alpha value is -1.97. The van der Waals surface area contributed by atoms with Gasteiger partial charge in [-0.2, -0.15) is 5.26 Å². The summed E-state index contributed by atoms with van der Waals surface area (Å²) in [6.45, 7) is 0.761. The first-order valence-corrected chi connectivity index (χ1v) is 6.29. The van der Waals surface area contributed by atoms with Crippen LogP contribution in [-0.4, -0.2) is 37.1 Å². The zero-order valence-corrected chi connectivity index (χ0v) is 11.2. The molecular weight excluding hydrogens is 261 g/mol. The van der Waals surface area contributed by atoms with Crippen molar-refractivity contribution < 1.29 is 13.9 Å². The Labute approximate surface area is 116 Å². The highest BCUT2D eigenvalue weighted by atomic mass is 19.1. The van der Waals surface area contributed by atoms with E-state index in [0.29, 0.717) is 24.3 Å². The minimum atomic E-state index is -0.435. The number of halogens is 1. The number of hydrogen-bond donors (Lipinski definition) is 1. The number of rotatable bonds is 3. The molecule has 1 saturated heterocycles. The highest BCUT2D eigenvalue weighted by Crippen LogP contribution is 2.17. The fourth-order valence-electron chi connectivity index (χ4n) is 2.21. The second kappa shape index (κ2) is 5.99. The van der Waals surface area contributed by atoms with Gasteiger partial charge in [0.2, 0.25) is 5.91 Å². The molecule has 0 radical (unpaired) electrons. The zero-order valence-electron chi connectivity index (χ0n) is 11.2. The first kappa shape index (κ1) is 14.4. The van der Waals surface area contributed by atoms with Gasteiger partial charge in [0.25, 0.3) is 0 Å². The van der Waals surface area contributed by atoms with Crippen molar-refractivity contribution in [1.29, 1.82) is 5.26 Å². The number of carbonyl (C=O) groups is 1. The van der Waals surface area contributed by atoms with Crippen LogP contribution in [0.5, 0.6) is 0 Å². The lowest BCUT2D eigenvalue weighted by molar-refractivity contribution is -0.135. The van der Waals surface area contributed by atoms with Crippen LogP contribution < -0.4 is 5.73 Å². The lowest BCUT2D eigenvalue weighted by Crippen LogP contribution is -2.41. The maximum atomic E-state index is 13.7. The Bertz CT molecular complexity index is 556. The summed E-state index contributed by atoms with van der Waals surface area (Å²) < 4.78 is 18.8. The lowest BCUT2D eigenvalue weighted by Gasteiger charge is -2.22. The number of ether oxygens (including phenoxy) is 1. The molecule has 1 heterocycles. The molecule has 5 nitrogen and oxygen atoms in total. The highest BCUT2D eigenvalue weighted by molar-refractivity contribution is 5.79. The number of carbonyl (C=O) groups excluding carboxylic acids is 1.